The second kappa shape index (κ2) is 11.1. The Kier molecular flexibility index (Phi) is 8.16. The number of carbonyl (C=O) groups excluding carboxylic acids is 1. The third-order valence-corrected chi connectivity index (χ3v) is 5.63. The van der Waals surface area contributed by atoms with Gasteiger partial charge >= 0.3 is 6.18 Å². The van der Waals surface area contributed by atoms with Gasteiger partial charge in [-0.3, -0.25) is 4.79 Å². The van der Waals surface area contributed by atoms with Gasteiger partial charge in [0.2, 0.25) is 0 Å². The molecule has 0 aliphatic carbocycles. The molecule has 3 aromatic rings. The molecule has 3 rings (SSSR count). The number of thioether (sulfide) groups is 1. The van der Waals surface area contributed by atoms with Gasteiger partial charge in [-0.25, -0.2) is 5.43 Å². The van der Waals surface area contributed by atoms with Crippen molar-refractivity contribution >= 4 is 23.9 Å². The number of ether oxygens (including phenoxy) is 2. The maximum Gasteiger partial charge on any atom is 0.417 e. The number of hydrogen-bond acceptors (Lipinski definition) is 7. The largest absolute Gasteiger partial charge is 0.493 e. The van der Waals surface area contributed by atoms with Gasteiger partial charge in [0.1, 0.15) is 0 Å². The van der Waals surface area contributed by atoms with E-state index in [9.17, 15) is 18.0 Å². The molecule has 2 aromatic carbocycles. The lowest BCUT2D eigenvalue weighted by molar-refractivity contribution is -0.137. The van der Waals surface area contributed by atoms with Crippen LogP contribution in [0, 0.1) is 0 Å². The molecule has 0 saturated heterocycles. The predicted octanol–water partition coefficient (Wildman–Crippen LogP) is 4.24. The van der Waals surface area contributed by atoms with Crippen LogP contribution in [-0.2, 0) is 17.5 Å². The molecule has 180 valence electrons. The average molecular weight is 494 g/mol. The van der Waals surface area contributed by atoms with E-state index in [1.165, 1.54) is 25.3 Å². The van der Waals surface area contributed by atoms with E-state index in [0.29, 0.717) is 29.0 Å². The molecule has 0 atom stereocenters. The van der Waals surface area contributed by atoms with Crippen molar-refractivity contribution in [3.8, 4) is 22.9 Å². The summed E-state index contributed by atoms with van der Waals surface area (Å²) in [6, 6.07) is 10.3. The number of aromatic nitrogens is 3. The van der Waals surface area contributed by atoms with Crippen molar-refractivity contribution < 1.29 is 27.4 Å². The number of hydrazone groups is 1. The summed E-state index contributed by atoms with van der Waals surface area (Å²) in [7, 11) is 3.08. The van der Waals surface area contributed by atoms with E-state index in [1.54, 1.807) is 19.2 Å². The topological polar surface area (TPSA) is 90.6 Å². The molecule has 0 radical (unpaired) electrons. The SMILES string of the molecule is CCn1c(SCC(=O)NN=Cc2ccccc2C(F)(F)F)nnc1-c1ccc(OC)c(OC)c1. The van der Waals surface area contributed by atoms with Gasteiger partial charge in [0.05, 0.1) is 31.8 Å². The molecular formula is C22H22F3N5O3S. The molecular weight excluding hydrogens is 471 g/mol. The lowest BCUT2D eigenvalue weighted by Crippen LogP contribution is -2.20. The van der Waals surface area contributed by atoms with Crippen molar-refractivity contribution in [1.29, 1.82) is 0 Å². The van der Waals surface area contributed by atoms with Crippen LogP contribution in [0.4, 0.5) is 13.2 Å². The highest BCUT2D eigenvalue weighted by Gasteiger charge is 2.32. The smallest absolute Gasteiger partial charge is 0.417 e. The highest BCUT2D eigenvalue weighted by atomic mass is 32.2. The summed E-state index contributed by atoms with van der Waals surface area (Å²) >= 11 is 1.13. The van der Waals surface area contributed by atoms with Crippen molar-refractivity contribution in [3.05, 3.63) is 53.6 Å². The fraction of sp³-hybridized carbons (Fsp3) is 0.273. The Bertz CT molecular complexity index is 1180. The first-order chi connectivity index (χ1) is 16.3. The van der Waals surface area contributed by atoms with Crippen LogP contribution in [-0.4, -0.2) is 46.9 Å². The number of hydrogen-bond donors (Lipinski definition) is 1. The molecule has 0 fully saturated rings. The Labute approximate surface area is 198 Å². The van der Waals surface area contributed by atoms with Crippen molar-refractivity contribution in [2.45, 2.75) is 24.8 Å². The van der Waals surface area contributed by atoms with E-state index in [0.717, 1.165) is 29.6 Å². The second-order valence-corrected chi connectivity index (χ2v) is 7.73. The number of methoxy groups -OCH3 is 2. The van der Waals surface area contributed by atoms with Crippen molar-refractivity contribution in [1.82, 2.24) is 20.2 Å². The van der Waals surface area contributed by atoms with E-state index < -0.39 is 17.6 Å². The maximum absolute atomic E-state index is 13.0. The van der Waals surface area contributed by atoms with Crippen LogP contribution in [0.2, 0.25) is 0 Å². The van der Waals surface area contributed by atoms with E-state index in [-0.39, 0.29) is 11.3 Å². The summed E-state index contributed by atoms with van der Waals surface area (Å²) in [5, 5.41) is 12.5. The number of carbonyl (C=O) groups is 1. The van der Waals surface area contributed by atoms with Crippen molar-refractivity contribution in [2.24, 2.45) is 5.10 Å². The van der Waals surface area contributed by atoms with Gasteiger partial charge in [-0.15, -0.1) is 10.2 Å². The predicted molar refractivity (Wildman–Crippen MR) is 122 cm³/mol. The molecule has 0 spiro atoms. The highest BCUT2D eigenvalue weighted by molar-refractivity contribution is 7.99. The summed E-state index contributed by atoms with van der Waals surface area (Å²) in [5.41, 5.74) is 2.02. The standard InChI is InChI=1S/C22H22F3N5O3S/c1-4-30-20(14-9-10-17(32-2)18(11-14)33-3)28-29-21(30)34-13-19(31)27-26-12-15-7-5-6-8-16(15)22(23,24)25/h5-12H,4,13H2,1-3H3,(H,27,31). The maximum atomic E-state index is 13.0. The minimum absolute atomic E-state index is 0.0532. The summed E-state index contributed by atoms with van der Waals surface area (Å²) in [5.74, 6) is 1.17. The van der Waals surface area contributed by atoms with Gasteiger partial charge in [-0.1, -0.05) is 30.0 Å². The second-order valence-electron chi connectivity index (χ2n) is 6.79. The van der Waals surface area contributed by atoms with Gasteiger partial charge < -0.3 is 14.0 Å². The molecule has 1 aromatic heterocycles. The first-order valence-electron chi connectivity index (χ1n) is 10.0. The number of benzene rings is 2. The van der Waals surface area contributed by atoms with Crippen LogP contribution < -0.4 is 14.9 Å². The van der Waals surface area contributed by atoms with Crippen LogP contribution in [0.5, 0.6) is 11.5 Å². The average Bonchev–Trinajstić information content (AvgIpc) is 3.24. The Morgan fingerprint density at radius 2 is 1.88 bits per heavy atom. The zero-order valence-corrected chi connectivity index (χ0v) is 19.4. The first-order valence-corrected chi connectivity index (χ1v) is 11.0. The number of halogens is 3. The van der Waals surface area contributed by atoms with Gasteiger partial charge in [-0.05, 0) is 31.2 Å². The molecule has 1 heterocycles. The van der Waals surface area contributed by atoms with Crippen LogP contribution in [0.25, 0.3) is 11.4 Å². The highest BCUT2D eigenvalue weighted by Crippen LogP contribution is 2.33. The van der Waals surface area contributed by atoms with Crippen LogP contribution in [0.3, 0.4) is 0 Å². The molecule has 1 amide bonds. The van der Waals surface area contributed by atoms with E-state index >= 15 is 0 Å². The monoisotopic (exact) mass is 493 g/mol. The lowest BCUT2D eigenvalue weighted by Gasteiger charge is -2.11. The zero-order valence-electron chi connectivity index (χ0n) is 18.6. The summed E-state index contributed by atoms with van der Waals surface area (Å²) in [6.07, 6.45) is -3.55. The number of alkyl halides is 3. The summed E-state index contributed by atoms with van der Waals surface area (Å²) in [4.78, 5) is 12.2. The van der Waals surface area contributed by atoms with E-state index in [2.05, 4.69) is 20.7 Å². The minimum atomic E-state index is -4.52. The van der Waals surface area contributed by atoms with Gasteiger partial charge in [0, 0.05) is 17.7 Å². The molecule has 0 saturated carbocycles. The number of nitrogens with one attached hydrogen (secondary N) is 1. The Balaban J connectivity index is 1.66. The van der Waals surface area contributed by atoms with Gasteiger partial charge in [-0.2, -0.15) is 18.3 Å². The Morgan fingerprint density at radius 1 is 1.15 bits per heavy atom. The third-order valence-electron chi connectivity index (χ3n) is 4.67. The zero-order chi connectivity index (χ0) is 24.7. The third kappa shape index (κ3) is 5.87. The van der Waals surface area contributed by atoms with E-state index in [1.807, 2.05) is 17.6 Å². The van der Waals surface area contributed by atoms with Gasteiger partial charge in [0.15, 0.2) is 22.5 Å². The Hall–Kier alpha value is -3.54. The quantitative estimate of drug-likeness (QED) is 0.272. The van der Waals surface area contributed by atoms with Crippen LogP contribution >= 0.6 is 11.8 Å². The number of amides is 1. The van der Waals surface area contributed by atoms with Crippen LogP contribution in [0.1, 0.15) is 18.1 Å². The Morgan fingerprint density at radius 3 is 2.56 bits per heavy atom. The molecule has 0 bridgehead atoms. The number of rotatable bonds is 9. The fourth-order valence-electron chi connectivity index (χ4n) is 3.07. The normalized spacial score (nSPS) is 11.6. The fourth-order valence-corrected chi connectivity index (χ4v) is 3.87. The minimum Gasteiger partial charge on any atom is -0.493 e. The molecule has 0 aliphatic heterocycles. The molecule has 0 aliphatic rings. The number of nitrogens with zero attached hydrogens (tertiary/aromatic N) is 4. The molecule has 8 nitrogen and oxygen atoms in total. The lowest BCUT2D eigenvalue weighted by atomic mass is 10.1. The molecule has 0 unspecified atom stereocenters. The molecule has 12 heteroatoms. The van der Waals surface area contributed by atoms with Crippen molar-refractivity contribution in [3.63, 3.8) is 0 Å². The molecule has 1 N–H and O–H groups in total. The van der Waals surface area contributed by atoms with Crippen molar-refractivity contribution in [2.75, 3.05) is 20.0 Å². The first kappa shape index (κ1) is 25.1. The van der Waals surface area contributed by atoms with E-state index in [4.69, 9.17) is 9.47 Å². The van der Waals surface area contributed by atoms with Gasteiger partial charge in [0.25, 0.3) is 5.91 Å². The van der Waals surface area contributed by atoms with Crippen LogP contribution in [0.15, 0.2) is 52.7 Å². The summed E-state index contributed by atoms with van der Waals surface area (Å²) < 4.78 is 51.5. The summed E-state index contributed by atoms with van der Waals surface area (Å²) in [6.45, 7) is 2.47. The molecule has 34 heavy (non-hydrogen) atoms.